The second-order valence-electron chi connectivity index (χ2n) is 1.38. The number of halogens is 2. The number of hydrogen-bond donors (Lipinski definition) is 0. The van der Waals surface area contributed by atoms with Crippen molar-refractivity contribution in [2.24, 2.45) is 0 Å². The van der Waals surface area contributed by atoms with E-state index < -0.39 is 0 Å². The fourth-order valence-corrected chi connectivity index (χ4v) is 0.554. The van der Waals surface area contributed by atoms with E-state index in [9.17, 15) is 4.79 Å². The van der Waals surface area contributed by atoms with Gasteiger partial charge in [-0.1, -0.05) is 0 Å². The predicted molar refractivity (Wildman–Crippen MR) is 42.6 cm³/mol. The van der Waals surface area contributed by atoms with Gasteiger partial charge in [-0.25, -0.2) is 4.79 Å². The Bertz CT molecular complexity index is 147. The highest BCUT2D eigenvalue weighted by atomic mass is 79.9. The summed E-state index contributed by atoms with van der Waals surface area (Å²) in [4.78, 5) is 10.6. The first kappa shape index (κ1) is 9.17. The van der Waals surface area contributed by atoms with Gasteiger partial charge in [0.05, 0.1) is 16.1 Å². The van der Waals surface area contributed by atoms with E-state index in [1.54, 1.807) is 6.92 Å². The number of carbonyl (C=O) groups excluding carboxylic acids is 1. The molecule has 52 valence electrons. The standard InChI is InChI=1S/C5H6Br2O2/c1-3(4(6)7)5(8)9-2/h1-2H3. The number of rotatable bonds is 1. The van der Waals surface area contributed by atoms with Gasteiger partial charge in [-0.15, -0.1) is 0 Å². The van der Waals surface area contributed by atoms with Gasteiger partial charge >= 0.3 is 5.97 Å². The average Bonchev–Trinajstić information content (AvgIpc) is 1.84. The molecule has 0 aliphatic heterocycles. The molecule has 0 saturated carbocycles. The van der Waals surface area contributed by atoms with Crippen LogP contribution in [-0.4, -0.2) is 13.1 Å². The molecule has 0 aromatic heterocycles. The molecule has 0 spiro atoms. The van der Waals surface area contributed by atoms with E-state index in [0.29, 0.717) is 8.96 Å². The monoisotopic (exact) mass is 256 g/mol. The molecule has 0 aliphatic carbocycles. The van der Waals surface area contributed by atoms with Crippen molar-refractivity contribution < 1.29 is 9.53 Å². The number of carbonyl (C=O) groups is 1. The Morgan fingerprint density at radius 1 is 1.44 bits per heavy atom. The number of esters is 1. The van der Waals surface area contributed by atoms with Gasteiger partial charge in [0.15, 0.2) is 0 Å². The number of ether oxygens (including phenoxy) is 1. The van der Waals surface area contributed by atoms with Gasteiger partial charge in [-0.05, 0) is 38.8 Å². The van der Waals surface area contributed by atoms with Crippen molar-refractivity contribution in [2.75, 3.05) is 7.11 Å². The molecular formula is C5H6Br2O2. The van der Waals surface area contributed by atoms with Crippen molar-refractivity contribution in [1.82, 2.24) is 0 Å². The summed E-state index contributed by atoms with van der Waals surface area (Å²) in [7, 11) is 1.34. The molecule has 0 aliphatic rings. The van der Waals surface area contributed by atoms with Crippen molar-refractivity contribution in [1.29, 1.82) is 0 Å². The second-order valence-corrected chi connectivity index (χ2v) is 4.03. The molecule has 0 amide bonds. The maximum Gasteiger partial charge on any atom is 0.335 e. The zero-order chi connectivity index (χ0) is 7.44. The van der Waals surface area contributed by atoms with E-state index in [1.807, 2.05) is 0 Å². The van der Waals surface area contributed by atoms with E-state index in [2.05, 4.69) is 36.6 Å². The fourth-order valence-electron chi connectivity index (χ4n) is 0.230. The summed E-state index contributed by atoms with van der Waals surface area (Å²) in [6.45, 7) is 1.66. The third-order valence-corrected chi connectivity index (χ3v) is 1.96. The number of methoxy groups -OCH3 is 1. The van der Waals surface area contributed by atoms with Crippen LogP contribution in [0.5, 0.6) is 0 Å². The van der Waals surface area contributed by atoms with Gasteiger partial charge in [-0.3, -0.25) is 0 Å². The minimum Gasteiger partial charge on any atom is -0.466 e. The van der Waals surface area contributed by atoms with E-state index in [4.69, 9.17) is 0 Å². The van der Waals surface area contributed by atoms with E-state index >= 15 is 0 Å². The molecule has 2 nitrogen and oxygen atoms in total. The lowest BCUT2D eigenvalue weighted by Gasteiger charge is -1.96. The quantitative estimate of drug-likeness (QED) is 0.532. The SMILES string of the molecule is COC(=O)C(C)=C(Br)Br. The maximum atomic E-state index is 10.6. The summed E-state index contributed by atoms with van der Waals surface area (Å²) in [5, 5.41) is 0. The molecule has 0 fully saturated rings. The zero-order valence-electron chi connectivity index (χ0n) is 5.07. The molecule has 0 atom stereocenters. The predicted octanol–water partition coefficient (Wildman–Crippen LogP) is 2.18. The molecule has 0 aromatic carbocycles. The van der Waals surface area contributed by atoms with Crippen LogP contribution in [0.25, 0.3) is 0 Å². The Balaban J connectivity index is 4.21. The first-order chi connectivity index (χ1) is 4.09. The lowest BCUT2D eigenvalue weighted by Crippen LogP contribution is -2.01. The van der Waals surface area contributed by atoms with Gasteiger partial charge in [0.1, 0.15) is 0 Å². The van der Waals surface area contributed by atoms with Crippen LogP contribution in [0.3, 0.4) is 0 Å². The Kier molecular flexibility index (Phi) is 4.14. The van der Waals surface area contributed by atoms with Crippen molar-refractivity contribution in [3.8, 4) is 0 Å². The molecule has 9 heavy (non-hydrogen) atoms. The summed E-state index contributed by atoms with van der Waals surface area (Å²) < 4.78 is 5.04. The third kappa shape index (κ3) is 3.01. The molecule has 0 saturated heterocycles. The maximum absolute atomic E-state index is 10.6. The molecule has 0 aromatic rings. The second kappa shape index (κ2) is 4.06. The van der Waals surface area contributed by atoms with Crippen molar-refractivity contribution in [3.63, 3.8) is 0 Å². The average molecular weight is 258 g/mol. The highest BCUT2D eigenvalue weighted by molar-refractivity contribution is 9.28. The zero-order valence-corrected chi connectivity index (χ0v) is 8.24. The third-order valence-electron chi connectivity index (χ3n) is 0.775. The van der Waals surface area contributed by atoms with Crippen LogP contribution in [0.15, 0.2) is 8.96 Å². The van der Waals surface area contributed by atoms with Crippen LogP contribution in [0.4, 0.5) is 0 Å². The van der Waals surface area contributed by atoms with Gasteiger partial charge in [-0.2, -0.15) is 0 Å². The Morgan fingerprint density at radius 3 is 2.00 bits per heavy atom. The summed E-state index contributed by atoms with van der Waals surface area (Å²) in [6.07, 6.45) is 0. The van der Waals surface area contributed by atoms with Gasteiger partial charge in [0.2, 0.25) is 0 Å². The van der Waals surface area contributed by atoms with Crippen molar-refractivity contribution >= 4 is 37.8 Å². The van der Waals surface area contributed by atoms with E-state index in [-0.39, 0.29) is 5.97 Å². The van der Waals surface area contributed by atoms with Gasteiger partial charge in [0, 0.05) is 0 Å². The van der Waals surface area contributed by atoms with Gasteiger partial charge in [0.25, 0.3) is 0 Å². The summed E-state index contributed by atoms with van der Waals surface area (Å²) in [5.74, 6) is -0.334. The summed E-state index contributed by atoms with van der Waals surface area (Å²) in [6, 6.07) is 0. The first-order valence-electron chi connectivity index (χ1n) is 2.19. The number of hydrogen-bond acceptors (Lipinski definition) is 2. The smallest absolute Gasteiger partial charge is 0.335 e. The first-order valence-corrected chi connectivity index (χ1v) is 3.78. The molecule has 0 bridgehead atoms. The van der Waals surface area contributed by atoms with Gasteiger partial charge < -0.3 is 4.74 Å². The van der Waals surface area contributed by atoms with Crippen molar-refractivity contribution in [3.05, 3.63) is 8.96 Å². The Morgan fingerprint density at radius 2 is 1.89 bits per heavy atom. The Hall–Kier alpha value is 0.170. The van der Waals surface area contributed by atoms with E-state index in [0.717, 1.165) is 0 Å². The van der Waals surface area contributed by atoms with Crippen LogP contribution >= 0.6 is 31.9 Å². The molecule has 0 N–H and O–H groups in total. The minimum atomic E-state index is -0.334. The molecule has 0 radical (unpaired) electrons. The lowest BCUT2D eigenvalue weighted by atomic mass is 10.4. The highest BCUT2D eigenvalue weighted by Crippen LogP contribution is 2.18. The van der Waals surface area contributed by atoms with Crippen LogP contribution in [-0.2, 0) is 9.53 Å². The normalized spacial score (nSPS) is 8.44. The van der Waals surface area contributed by atoms with Crippen molar-refractivity contribution in [2.45, 2.75) is 6.92 Å². The molecule has 0 rings (SSSR count). The summed E-state index contributed by atoms with van der Waals surface area (Å²) in [5.41, 5.74) is 0.525. The molecule has 0 unspecified atom stereocenters. The molecule has 4 heteroatoms. The topological polar surface area (TPSA) is 26.3 Å². The largest absolute Gasteiger partial charge is 0.466 e. The Labute approximate surface area is 70.5 Å². The minimum absolute atomic E-state index is 0.334. The summed E-state index contributed by atoms with van der Waals surface area (Å²) >= 11 is 6.15. The van der Waals surface area contributed by atoms with Crippen LogP contribution in [0, 0.1) is 0 Å². The van der Waals surface area contributed by atoms with Crippen LogP contribution in [0.1, 0.15) is 6.92 Å². The fraction of sp³-hybridized carbons (Fsp3) is 0.400. The molecular weight excluding hydrogens is 252 g/mol. The lowest BCUT2D eigenvalue weighted by molar-refractivity contribution is -0.136. The van der Waals surface area contributed by atoms with E-state index in [1.165, 1.54) is 7.11 Å². The van der Waals surface area contributed by atoms with Crippen LogP contribution < -0.4 is 0 Å². The highest BCUT2D eigenvalue weighted by Gasteiger charge is 2.05. The van der Waals surface area contributed by atoms with Crippen LogP contribution in [0.2, 0.25) is 0 Å². The molecule has 0 heterocycles.